The van der Waals surface area contributed by atoms with Crippen LogP contribution in [-0.2, 0) is 9.59 Å². The van der Waals surface area contributed by atoms with Gasteiger partial charge < -0.3 is 10.2 Å². The van der Waals surface area contributed by atoms with Gasteiger partial charge in [0.05, 0.1) is 0 Å². The minimum atomic E-state index is -1.05. The molecule has 4 nitrogen and oxygen atoms in total. The maximum atomic E-state index is 12.7. The number of aryl methyl sites for hydroxylation is 1. The van der Waals surface area contributed by atoms with E-state index in [1.165, 1.54) is 12.8 Å². The molecule has 0 saturated carbocycles. The number of amides is 2. The molecule has 1 aliphatic heterocycles. The van der Waals surface area contributed by atoms with E-state index in [0.29, 0.717) is 0 Å². The van der Waals surface area contributed by atoms with Crippen LogP contribution >= 0.6 is 0 Å². The van der Waals surface area contributed by atoms with Crippen molar-refractivity contribution in [2.75, 3.05) is 18.4 Å². The molecule has 0 aliphatic carbocycles. The zero-order chi connectivity index (χ0) is 16.2. The molecular weight excluding hydrogens is 276 g/mol. The number of hydrogen-bond acceptors (Lipinski definition) is 2. The van der Waals surface area contributed by atoms with Crippen molar-refractivity contribution in [1.82, 2.24) is 4.90 Å². The van der Waals surface area contributed by atoms with Gasteiger partial charge in [0.25, 0.3) is 0 Å². The van der Waals surface area contributed by atoms with Crippen molar-refractivity contribution >= 4 is 17.5 Å². The largest absolute Gasteiger partial charge is 0.342 e. The summed E-state index contributed by atoms with van der Waals surface area (Å²) in [7, 11) is 0. The molecule has 1 heterocycles. The molecule has 1 fully saturated rings. The summed E-state index contributed by atoms with van der Waals surface area (Å²) in [5.74, 6) is -0.315. The van der Waals surface area contributed by atoms with E-state index in [-0.39, 0.29) is 11.8 Å². The average molecular weight is 302 g/mol. The summed E-state index contributed by atoms with van der Waals surface area (Å²) in [6, 6.07) is 7.61. The third-order valence-electron chi connectivity index (χ3n) is 4.31. The maximum absolute atomic E-state index is 12.7. The molecule has 1 aromatic rings. The molecule has 120 valence electrons. The fraction of sp³-hybridized carbons (Fsp3) is 0.556. The lowest BCUT2D eigenvalue weighted by Gasteiger charge is -2.30. The Bertz CT molecular complexity index is 527. The van der Waals surface area contributed by atoms with Crippen LogP contribution in [0.3, 0.4) is 0 Å². The van der Waals surface area contributed by atoms with Gasteiger partial charge in [0.15, 0.2) is 0 Å². The van der Waals surface area contributed by atoms with E-state index in [9.17, 15) is 9.59 Å². The second-order valence-electron chi connectivity index (χ2n) is 6.65. The Morgan fingerprint density at radius 3 is 2.09 bits per heavy atom. The van der Waals surface area contributed by atoms with Gasteiger partial charge in [-0.3, -0.25) is 9.59 Å². The van der Waals surface area contributed by atoms with Crippen molar-refractivity contribution in [1.29, 1.82) is 0 Å². The van der Waals surface area contributed by atoms with Gasteiger partial charge in [0.1, 0.15) is 5.41 Å². The van der Waals surface area contributed by atoms with Gasteiger partial charge in [-0.15, -0.1) is 0 Å². The van der Waals surface area contributed by atoms with Gasteiger partial charge in [0.2, 0.25) is 11.8 Å². The average Bonchev–Trinajstić information content (AvgIpc) is 2.77. The molecule has 1 aliphatic rings. The molecule has 0 aromatic heterocycles. The molecule has 1 saturated heterocycles. The van der Waals surface area contributed by atoms with E-state index in [0.717, 1.165) is 37.2 Å². The molecule has 22 heavy (non-hydrogen) atoms. The third kappa shape index (κ3) is 3.87. The van der Waals surface area contributed by atoms with Crippen LogP contribution in [-0.4, -0.2) is 29.8 Å². The smallest absolute Gasteiger partial charge is 0.239 e. The number of hydrogen-bond donors (Lipinski definition) is 1. The minimum absolute atomic E-state index is 0.0704. The van der Waals surface area contributed by atoms with Gasteiger partial charge in [-0.1, -0.05) is 30.5 Å². The van der Waals surface area contributed by atoms with E-state index in [1.54, 1.807) is 13.8 Å². The second kappa shape index (κ2) is 6.95. The molecule has 4 heteroatoms. The number of carbonyl (C=O) groups excluding carboxylic acids is 2. The highest BCUT2D eigenvalue weighted by Crippen LogP contribution is 2.24. The predicted octanol–water partition coefficient (Wildman–Crippen LogP) is 3.36. The first-order chi connectivity index (χ1) is 10.4. The van der Waals surface area contributed by atoms with Crippen LogP contribution in [0.1, 0.15) is 45.1 Å². The first-order valence-electron chi connectivity index (χ1n) is 8.09. The number of carbonyl (C=O) groups is 2. The minimum Gasteiger partial charge on any atom is -0.342 e. The van der Waals surface area contributed by atoms with E-state index in [4.69, 9.17) is 0 Å². The van der Waals surface area contributed by atoms with E-state index in [2.05, 4.69) is 5.32 Å². The van der Waals surface area contributed by atoms with Crippen LogP contribution in [0.5, 0.6) is 0 Å². The number of nitrogens with one attached hydrogen (secondary N) is 1. The fourth-order valence-electron chi connectivity index (χ4n) is 2.69. The Labute approximate surface area is 132 Å². The Balaban J connectivity index is 2.05. The third-order valence-corrected chi connectivity index (χ3v) is 4.31. The molecule has 0 bridgehead atoms. The summed E-state index contributed by atoms with van der Waals surface area (Å²) in [5, 5.41) is 2.86. The Hall–Kier alpha value is -1.84. The fourth-order valence-corrected chi connectivity index (χ4v) is 2.69. The summed E-state index contributed by atoms with van der Waals surface area (Å²) in [4.78, 5) is 27.1. The Morgan fingerprint density at radius 1 is 1.00 bits per heavy atom. The highest BCUT2D eigenvalue weighted by molar-refractivity contribution is 6.09. The van der Waals surface area contributed by atoms with Crippen LogP contribution in [0.2, 0.25) is 0 Å². The summed E-state index contributed by atoms with van der Waals surface area (Å²) < 4.78 is 0. The van der Waals surface area contributed by atoms with Crippen LogP contribution in [0.25, 0.3) is 0 Å². The van der Waals surface area contributed by atoms with Gasteiger partial charge in [-0.2, -0.15) is 0 Å². The first kappa shape index (κ1) is 16.5. The highest BCUT2D eigenvalue weighted by atomic mass is 16.2. The van der Waals surface area contributed by atoms with Crippen LogP contribution in [0.15, 0.2) is 24.3 Å². The first-order valence-corrected chi connectivity index (χ1v) is 8.09. The Kier molecular flexibility index (Phi) is 5.22. The van der Waals surface area contributed by atoms with Crippen molar-refractivity contribution in [2.24, 2.45) is 5.41 Å². The predicted molar refractivity (Wildman–Crippen MR) is 88.6 cm³/mol. The van der Waals surface area contributed by atoms with Crippen molar-refractivity contribution in [3.63, 3.8) is 0 Å². The molecule has 2 rings (SSSR count). The number of rotatable bonds is 3. The molecule has 0 unspecified atom stereocenters. The van der Waals surface area contributed by atoms with Crippen LogP contribution in [0, 0.1) is 12.3 Å². The lowest BCUT2D eigenvalue weighted by atomic mass is 9.90. The molecule has 0 atom stereocenters. The van der Waals surface area contributed by atoms with Crippen molar-refractivity contribution in [3.8, 4) is 0 Å². The summed E-state index contributed by atoms with van der Waals surface area (Å²) in [6.45, 7) is 6.95. The number of benzene rings is 1. The quantitative estimate of drug-likeness (QED) is 0.870. The van der Waals surface area contributed by atoms with Crippen LogP contribution in [0.4, 0.5) is 5.69 Å². The van der Waals surface area contributed by atoms with E-state index < -0.39 is 5.41 Å². The van der Waals surface area contributed by atoms with Gasteiger partial charge in [-0.25, -0.2) is 0 Å². The SMILES string of the molecule is Cc1ccc(NC(=O)C(C)(C)C(=O)N2CCCCCC2)cc1. The number of nitrogens with zero attached hydrogens (tertiary/aromatic N) is 1. The summed E-state index contributed by atoms with van der Waals surface area (Å²) in [5.41, 5.74) is 0.820. The molecule has 1 aromatic carbocycles. The molecule has 0 radical (unpaired) electrons. The van der Waals surface area contributed by atoms with Gasteiger partial charge >= 0.3 is 0 Å². The topological polar surface area (TPSA) is 49.4 Å². The van der Waals surface area contributed by atoms with Gasteiger partial charge in [-0.05, 0) is 45.7 Å². The van der Waals surface area contributed by atoms with Gasteiger partial charge in [0, 0.05) is 18.8 Å². The van der Waals surface area contributed by atoms with Crippen molar-refractivity contribution in [2.45, 2.75) is 46.5 Å². The lowest BCUT2D eigenvalue weighted by molar-refractivity contribution is -0.146. The van der Waals surface area contributed by atoms with Crippen molar-refractivity contribution in [3.05, 3.63) is 29.8 Å². The van der Waals surface area contributed by atoms with Crippen molar-refractivity contribution < 1.29 is 9.59 Å². The lowest BCUT2D eigenvalue weighted by Crippen LogP contribution is -2.47. The molecule has 0 spiro atoms. The molecule has 2 amide bonds. The monoisotopic (exact) mass is 302 g/mol. The summed E-state index contributed by atoms with van der Waals surface area (Å²) in [6.07, 6.45) is 4.39. The Morgan fingerprint density at radius 2 is 1.55 bits per heavy atom. The molecular formula is C18H26N2O2. The maximum Gasteiger partial charge on any atom is 0.239 e. The highest BCUT2D eigenvalue weighted by Gasteiger charge is 2.39. The number of anilines is 1. The zero-order valence-corrected chi connectivity index (χ0v) is 13.8. The zero-order valence-electron chi connectivity index (χ0n) is 13.8. The van der Waals surface area contributed by atoms with E-state index in [1.807, 2.05) is 36.1 Å². The number of likely N-dealkylation sites (tertiary alicyclic amines) is 1. The standard InChI is InChI=1S/C18H26N2O2/c1-14-8-10-15(11-9-14)19-16(21)18(2,3)17(22)20-12-6-4-5-7-13-20/h8-11H,4-7,12-13H2,1-3H3,(H,19,21). The molecule has 1 N–H and O–H groups in total. The van der Waals surface area contributed by atoms with Crippen LogP contribution < -0.4 is 5.32 Å². The second-order valence-corrected chi connectivity index (χ2v) is 6.65. The summed E-state index contributed by atoms with van der Waals surface area (Å²) >= 11 is 0. The van der Waals surface area contributed by atoms with E-state index >= 15 is 0 Å². The normalized spacial score (nSPS) is 16.0.